The quantitative estimate of drug-likeness (QED) is 0.114. The number of alkyl halides is 2. The molecule has 222 valence electrons. The van der Waals surface area contributed by atoms with Crippen LogP contribution in [0.3, 0.4) is 0 Å². The minimum absolute atomic E-state index is 0. The monoisotopic (exact) mass is 708 g/mol. The molecule has 0 amide bonds. The SMILES string of the molecule is CCCCC1=C(C)c2c(-c3ccccc3)cccc2C1(Cl)[Si]C1(Cl)C(CCCC)=C(C)c2c(-c3ccccc3)cccc21.[Zr]. The maximum absolute atomic E-state index is 8.14. The van der Waals surface area contributed by atoms with Crippen molar-refractivity contribution in [1.82, 2.24) is 0 Å². The van der Waals surface area contributed by atoms with E-state index < -0.39 is 8.99 Å². The number of hydrogen-bond acceptors (Lipinski definition) is 0. The number of benzene rings is 4. The van der Waals surface area contributed by atoms with Gasteiger partial charge in [-0.15, -0.1) is 23.2 Å². The van der Waals surface area contributed by atoms with Gasteiger partial charge in [-0.2, -0.15) is 0 Å². The van der Waals surface area contributed by atoms with Crippen LogP contribution in [0.1, 0.15) is 88.5 Å². The molecule has 2 atom stereocenters. The molecular formula is C40H40Cl2SiZr. The van der Waals surface area contributed by atoms with E-state index in [-0.39, 0.29) is 35.7 Å². The summed E-state index contributed by atoms with van der Waals surface area (Å²) in [5.74, 6) is 0. The van der Waals surface area contributed by atoms with Gasteiger partial charge in [-0.1, -0.05) is 124 Å². The van der Waals surface area contributed by atoms with E-state index in [4.69, 9.17) is 23.2 Å². The fourth-order valence-corrected chi connectivity index (χ4v) is 11.2. The molecule has 2 unspecified atom stereocenters. The van der Waals surface area contributed by atoms with Gasteiger partial charge in [0.05, 0.1) is 8.99 Å². The Morgan fingerprint density at radius 1 is 0.545 bits per heavy atom. The van der Waals surface area contributed by atoms with Gasteiger partial charge in [0, 0.05) is 26.2 Å². The summed E-state index contributed by atoms with van der Waals surface area (Å²) in [6.07, 6.45) is 6.45. The van der Waals surface area contributed by atoms with Crippen LogP contribution in [-0.2, 0) is 35.2 Å². The molecule has 0 fully saturated rings. The molecule has 2 aliphatic carbocycles. The molecule has 2 aliphatic rings. The standard InChI is InChI=1S/C40H40Cl2Si.Zr/c1-5-7-23-33-27(3)37-31(29-17-11-9-12-18-29)21-15-25-35(37)39(33,41)43-40(42)34(24-8-6-2)28(4)38-32(22-16-26-36(38)40)30-19-13-10-14-20-30;/h9-22,25-26H,5-8,23-24H2,1-4H3;. The zero-order valence-corrected chi connectivity index (χ0v) is 31.2. The van der Waals surface area contributed by atoms with E-state index >= 15 is 0 Å². The molecule has 0 saturated heterocycles. The van der Waals surface area contributed by atoms with Gasteiger partial charge in [0.1, 0.15) is 9.52 Å². The van der Waals surface area contributed by atoms with E-state index in [0.717, 1.165) is 38.5 Å². The van der Waals surface area contributed by atoms with Gasteiger partial charge in [-0.25, -0.2) is 0 Å². The van der Waals surface area contributed by atoms with Gasteiger partial charge >= 0.3 is 0 Å². The average Bonchev–Trinajstić information content (AvgIpc) is 3.38. The summed E-state index contributed by atoms with van der Waals surface area (Å²) >= 11 is 16.3. The third-order valence-electron chi connectivity index (χ3n) is 9.43. The van der Waals surface area contributed by atoms with Crippen molar-refractivity contribution < 1.29 is 26.2 Å². The van der Waals surface area contributed by atoms with Crippen LogP contribution < -0.4 is 0 Å². The van der Waals surface area contributed by atoms with Crippen LogP contribution >= 0.6 is 23.2 Å². The first-order chi connectivity index (χ1) is 20.8. The molecule has 0 aromatic heterocycles. The van der Waals surface area contributed by atoms with E-state index in [2.05, 4.69) is 125 Å². The van der Waals surface area contributed by atoms with Crippen LogP contribution in [0.25, 0.3) is 33.4 Å². The summed E-state index contributed by atoms with van der Waals surface area (Å²) in [6.45, 7) is 9.12. The van der Waals surface area contributed by atoms with Crippen LogP contribution in [0.5, 0.6) is 0 Å². The molecule has 4 heteroatoms. The predicted octanol–water partition coefficient (Wildman–Crippen LogP) is 12.2. The molecule has 0 heterocycles. The topological polar surface area (TPSA) is 0 Å². The van der Waals surface area contributed by atoms with Crippen molar-refractivity contribution in [3.05, 3.63) is 130 Å². The summed E-state index contributed by atoms with van der Waals surface area (Å²) in [5, 5.41) is 0. The van der Waals surface area contributed by atoms with Gasteiger partial charge in [0.25, 0.3) is 0 Å². The first-order valence-electron chi connectivity index (χ1n) is 15.8. The Kier molecular flexibility index (Phi) is 10.5. The van der Waals surface area contributed by atoms with Crippen LogP contribution in [-0.4, -0.2) is 9.52 Å². The molecule has 0 aliphatic heterocycles. The average molecular weight is 711 g/mol. The molecule has 44 heavy (non-hydrogen) atoms. The van der Waals surface area contributed by atoms with Crippen molar-refractivity contribution >= 4 is 43.9 Å². The molecule has 0 N–H and O–H groups in total. The number of unbranched alkanes of at least 4 members (excludes halogenated alkanes) is 2. The Balaban J connectivity index is 0.00000384. The van der Waals surface area contributed by atoms with Gasteiger partial charge in [-0.3, -0.25) is 0 Å². The number of hydrogen-bond donors (Lipinski definition) is 0. The second-order valence-corrected chi connectivity index (χ2v) is 15.6. The first kappa shape index (κ1) is 33.4. The smallest absolute Gasteiger partial charge is 0.114 e. The number of halogens is 2. The van der Waals surface area contributed by atoms with Gasteiger partial charge in [-0.05, 0) is 106 Å². The number of rotatable bonds is 10. The molecule has 0 nitrogen and oxygen atoms in total. The maximum atomic E-state index is 8.14. The Bertz CT molecular complexity index is 1580. The van der Waals surface area contributed by atoms with Crippen molar-refractivity contribution in [3.63, 3.8) is 0 Å². The number of fused-ring (bicyclic) bond motifs is 2. The Morgan fingerprint density at radius 2 is 0.932 bits per heavy atom. The molecule has 0 saturated carbocycles. The number of allylic oxidation sites excluding steroid dienone is 4. The van der Waals surface area contributed by atoms with E-state index in [1.54, 1.807) is 0 Å². The fraction of sp³-hybridized carbons (Fsp3) is 0.300. The van der Waals surface area contributed by atoms with Gasteiger partial charge in [0.2, 0.25) is 0 Å². The van der Waals surface area contributed by atoms with Crippen LogP contribution in [0.15, 0.2) is 108 Å². The van der Waals surface area contributed by atoms with E-state index in [1.165, 1.54) is 66.8 Å². The van der Waals surface area contributed by atoms with E-state index in [9.17, 15) is 0 Å². The van der Waals surface area contributed by atoms with E-state index in [1.807, 2.05) is 0 Å². The zero-order chi connectivity index (χ0) is 30.2. The summed E-state index contributed by atoms with van der Waals surface area (Å²) in [4.78, 5) is 0. The minimum Gasteiger partial charge on any atom is -0.114 e. The minimum atomic E-state index is -0.663. The van der Waals surface area contributed by atoms with Crippen molar-refractivity contribution in [2.24, 2.45) is 0 Å². The Labute approximate surface area is 295 Å². The Hall–Kier alpha value is -1.96. The molecular weight excluding hydrogens is 671 g/mol. The molecule has 0 spiro atoms. The fourth-order valence-electron chi connectivity index (χ4n) is 7.30. The van der Waals surface area contributed by atoms with Crippen LogP contribution in [0.2, 0.25) is 0 Å². The predicted molar refractivity (Wildman–Crippen MR) is 189 cm³/mol. The second-order valence-electron chi connectivity index (χ2n) is 12.0. The van der Waals surface area contributed by atoms with Gasteiger partial charge < -0.3 is 0 Å². The summed E-state index contributed by atoms with van der Waals surface area (Å²) < 4.78 is -1.33. The normalized spacial score (nSPS) is 20.5. The van der Waals surface area contributed by atoms with Crippen molar-refractivity contribution in [1.29, 1.82) is 0 Å². The van der Waals surface area contributed by atoms with Crippen molar-refractivity contribution in [2.45, 2.75) is 75.2 Å². The third-order valence-corrected chi connectivity index (χ3v) is 12.7. The summed E-state index contributed by atoms with van der Waals surface area (Å²) in [5.41, 5.74) is 15.4. The van der Waals surface area contributed by atoms with Crippen molar-refractivity contribution in [3.8, 4) is 22.3 Å². The third kappa shape index (κ3) is 5.64. The molecule has 2 radical (unpaired) electrons. The molecule has 4 aromatic rings. The summed E-state index contributed by atoms with van der Waals surface area (Å²) in [6, 6.07) is 34.9. The van der Waals surface area contributed by atoms with Crippen LogP contribution in [0, 0.1) is 0 Å². The molecule has 6 rings (SSSR count). The Morgan fingerprint density at radius 3 is 1.30 bits per heavy atom. The van der Waals surface area contributed by atoms with Crippen molar-refractivity contribution in [2.75, 3.05) is 0 Å². The maximum Gasteiger partial charge on any atom is 0.118 e. The second kappa shape index (κ2) is 13.8. The molecule has 0 bridgehead atoms. The van der Waals surface area contributed by atoms with Crippen LogP contribution in [0.4, 0.5) is 0 Å². The van der Waals surface area contributed by atoms with E-state index in [0.29, 0.717) is 0 Å². The largest absolute Gasteiger partial charge is 0.118 e. The van der Waals surface area contributed by atoms with Gasteiger partial charge in [0.15, 0.2) is 0 Å². The first-order valence-corrected chi connectivity index (χ1v) is 17.6. The molecule has 4 aromatic carbocycles. The summed E-state index contributed by atoms with van der Waals surface area (Å²) in [7, 11) is 0.258. The zero-order valence-electron chi connectivity index (χ0n) is 26.2.